The summed E-state index contributed by atoms with van der Waals surface area (Å²) in [5.74, 6) is 1.03. The van der Waals surface area contributed by atoms with Crippen LogP contribution in [0.3, 0.4) is 0 Å². The molecule has 0 aliphatic heterocycles. The second kappa shape index (κ2) is 10.5. The largest absolute Gasteiger partial charge is 0.495 e. The maximum Gasteiger partial charge on any atom is 0.243 e. The molecule has 2 aromatic carbocycles. The number of hydrogen-bond donors (Lipinski definition) is 2. The monoisotopic (exact) mass is 378 g/mol. The smallest absolute Gasteiger partial charge is 0.243 e. The van der Waals surface area contributed by atoms with Crippen LogP contribution in [0.5, 0.6) is 11.5 Å². The maximum atomic E-state index is 12.2. The Hall–Kier alpha value is -2.44. The molecule has 0 aliphatic carbocycles. The first-order chi connectivity index (χ1) is 12.6. The first kappa shape index (κ1) is 19.9. The number of carbonyl (C=O) groups excluding carboxylic acids is 1. The number of benzene rings is 2. The van der Waals surface area contributed by atoms with Crippen molar-refractivity contribution < 1.29 is 19.0 Å². The van der Waals surface area contributed by atoms with Crippen LogP contribution in [0.1, 0.15) is 6.92 Å². The van der Waals surface area contributed by atoms with Gasteiger partial charge in [0.2, 0.25) is 5.91 Å². The standard InChI is InChI=1S/C19H23ClN2O4/c1-3-25-10-11-26-18-7-5-4-6-16(18)21-13-19(23)22-14-8-9-17(24-2)15(20)12-14/h4-9,12,21H,3,10-11,13H2,1-2H3,(H,22,23). The third-order valence-electron chi connectivity index (χ3n) is 3.45. The van der Waals surface area contributed by atoms with E-state index in [1.165, 1.54) is 7.11 Å². The third-order valence-corrected chi connectivity index (χ3v) is 3.75. The molecule has 0 spiro atoms. The summed E-state index contributed by atoms with van der Waals surface area (Å²) in [7, 11) is 1.54. The highest BCUT2D eigenvalue weighted by molar-refractivity contribution is 6.32. The number of anilines is 2. The molecule has 1 amide bonds. The molecule has 140 valence electrons. The summed E-state index contributed by atoms with van der Waals surface area (Å²) in [4.78, 5) is 12.2. The van der Waals surface area contributed by atoms with Crippen molar-refractivity contribution in [2.24, 2.45) is 0 Å². The second-order valence-electron chi connectivity index (χ2n) is 5.29. The maximum absolute atomic E-state index is 12.2. The number of halogens is 1. The SMILES string of the molecule is CCOCCOc1ccccc1NCC(=O)Nc1ccc(OC)c(Cl)c1. The highest BCUT2D eigenvalue weighted by Crippen LogP contribution is 2.27. The van der Waals surface area contributed by atoms with Crippen LogP contribution in [0.2, 0.25) is 5.02 Å². The minimum absolute atomic E-state index is 0.0927. The Kier molecular flexibility index (Phi) is 8.05. The lowest BCUT2D eigenvalue weighted by Gasteiger charge is -2.13. The van der Waals surface area contributed by atoms with Gasteiger partial charge in [0.1, 0.15) is 18.1 Å². The van der Waals surface area contributed by atoms with Gasteiger partial charge in [-0.2, -0.15) is 0 Å². The van der Waals surface area contributed by atoms with Crippen molar-refractivity contribution in [3.8, 4) is 11.5 Å². The zero-order chi connectivity index (χ0) is 18.8. The summed E-state index contributed by atoms with van der Waals surface area (Å²) in [6.07, 6.45) is 0. The van der Waals surface area contributed by atoms with Gasteiger partial charge in [0.15, 0.2) is 0 Å². The average molecular weight is 379 g/mol. The molecule has 6 nitrogen and oxygen atoms in total. The summed E-state index contributed by atoms with van der Waals surface area (Å²) in [5.41, 5.74) is 1.34. The minimum atomic E-state index is -0.199. The highest BCUT2D eigenvalue weighted by Gasteiger charge is 2.08. The van der Waals surface area contributed by atoms with E-state index in [2.05, 4.69) is 10.6 Å². The van der Waals surface area contributed by atoms with Gasteiger partial charge in [0.05, 0.1) is 31.0 Å². The molecular weight excluding hydrogens is 356 g/mol. The van der Waals surface area contributed by atoms with Gasteiger partial charge in [0.25, 0.3) is 0 Å². The topological polar surface area (TPSA) is 68.8 Å². The fraction of sp³-hybridized carbons (Fsp3) is 0.316. The number of carbonyl (C=O) groups is 1. The Morgan fingerprint density at radius 3 is 2.65 bits per heavy atom. The molecule has 0 saturated carbocycles. The summed E-state index contributed by atoms with van der Waals surface area (Å²) in [6, 6.07) is 12.5. The molecular formula is C19H23ClN2O4. The van der Waals surface area contributed by atoms with Crippen LogP contribution in [-0.4, -0.2) is 39.4 Å². The van der Waals surface area contributed by atoms with Gasteiger partial charge in [0, 0.05) is 12.3 Å². The normalized spacial score (nSPS) is 10.3. The summed E-state index contributed by atoms with van der Waals surface area (Å²) < 4.78 is 16.0. The van der Waals surface area contributed by atoms with Crippen LogP contribution >= 0.6 is 11.6 Å². The molecule has 2 aromatic rings. The van der Waals surface area contributed by atoms with Crippen molar-refractivity contribution in [1.82, 2.24) is 0 Å². The Balaban J connectivity index is 1.88. The number of hydrogen-bond acceptors (Lipinski definition) is 5. The van der Waals surface area contributed by atoms with E-state index in [0.717, 1.165) is 5.69 Å². The number of rotatable bonds is 10. The van der Waals surface area contributed by atoms with Gasteiger partial charge in [-0.05, 0) is 37.3 Å². The van der Waals surface area contributed by atoms with E-state index in [4.69, 9.17) is 25.8 Å². The van der Waals surface area contributed by atoms with Crippen molar-refractivity contribution in [3.05, 3.63) is 47.5 Å². The van der Waals surface area contributed by atoms with Crippen LogP contribution in [0.25, 0.3) is 0 Å². The van der Waals surface area contributed by atoms with Gasteiger partial charge in [-0.3, -0.25) is 4.79 Å². The highest BCUT2D eigenvalue weighted by atomic mass is 35.5. The first-order valence-corrected chi connectivity index (χ1v) is 8.68. The van der Waals surface area contributed by atoms with E-state index in [-0.39, 0.29) is 12.5 Å². The van der Waals surface area contributed by atoms with Crippen molar-refractivity contribution in [2.45, 2.75) is 6.92 Å². The number of methoxy groups -OCH3 is 1. The van der Waals surface area contributed by atoms with Crippen LogP contribution < -0.4 is 20.1 Å². The zero-order valence-corrected chi connectivity index (χ0v) is 15.6. The lowest BCUT2D eigenvalue weighted by molar-refractivity contribution is -0.114. The zero-order valence-electron chi connectivity index (χ0n) is 14.9. The molecule has 0 saturated heterocycles. The van der Waals surface area contributed by atoms with E-state index in [1.807, 2.05) is 31.2 Å². The number of amides is 1. The molecule has 2 N–H and O–H groups in total. The average Bonchev–Trinajstić information content (AvgIpc) is 2.64. The molecule has 0 aromatic heterocycles. The molecule has 0 fully saturated rings. The van der Waals surface area contributed by atoms with E-state index in [1.54, 1.807) is 18.2 Å². The Labute approximate surface area is 158 Å². The number of para-hydroxylation sites is 2. The summed E-state index contributed by atoms with van der Waals surface area (Å²) >= 11 is 6.06. The van der Waals surface area contributed by atoms with Crippen LogP contribution in [0, 0.1) is 0 Å². The minimum Gasteiger partial charge on any atom is -0.495 e. The van der Waals surface area contributed by atoms with Gasteiger partial charge in [-0.25, -0.2) is 0 Å². The van der Waals surface area contributed by atoms with Crippen molar-refractivity contribution in [1.29, 1.82) is 0 Å². The Bertz CT molecular complexity index is 724. The van der Waals surface area contributed by atoms with Gasteiger partial charge >= 0.3 is 0 Å². The number of ether oxygens (including phenoxy) is 3. The second-order valence-corrected chi connectivity index (χ2v) is 5.70. The summed E-state index contributed by atoms with van der Waals surface area (Å²) in [6.45, 7) is 3.64. The molecule has 7 heteroatoms. The quantitative estimate of drug-likeness (QED) is 0.615. The fourth-order valence-electron chi connectivity index (χ4n) is 2.22. The van der Waals surface area contributed by atoms with Gasteiger partial charge in [-0.15, -0.1) is 0 Å². The molecule has 0 aliphatic rings. The van der Waals surface area contributed by atoms with Gasteiger partial charge < -0.3 is 24.8 Å². The Morgan fingerprint density at radius 2 is 1.92 bits per heavy atom. The lowest BCUT2D eigenvalue weighted by atomic mass is 10.3. The fourth-order valence-corrected chi connectivity index (χ4v) is 2.48. The molecule has 0 heterocycles. The van der Waals surface area contributed by atoms with Crippen LogP contribution in [0.4, 0.5) is 11.4 Å². The van der Waals surface area contributed by atoms with E-state index >= 15 is 0 Å². The summed E-state index contributed by atoms with van der Waals surface area (Å²) in [5, 5.41) is 6.29. The van der Waals surface area contributed by atoms with E-state index in [9.17, 15) is 4.79 Å². The predicted molar refractivity (Wildman–Crippen MR) is 104 cm³/mol. The number of nitrogens with one attached hydrogen (secondary N) is 2. The van der Waals surface area contributed by atoms with Crippen LogP contribution in [-0.2, 0) is 9.53 Å². The van der Waals surface area contributed by atoms with Gasteiger partial charge in [-0.1, -0.05) is 23.7 Å². The molecule has 2 rings (SSSR count). The molecule has 0 unspecified atom stereocenters. The Morgan fingerprint density at radius 1 is 1.12 bits per heavy atom. The predicted octanol–water partition coefficient (Wildman–Crippen LogP) is 3.81. The van der Waals surface area contributed by atoms with Crippen LogP contribution in [0.15, 0.2) is 42.5 Å². The van der Waals surface area contributed by atoms with E-state index < -0.39 is 0 Å². The van der Waals surface area contributed by atoms with E-state index in [0.29, 0.717) is 42.0 Å². The third kappa shape index (κ3) is 6.13. The molecule has 26 heavy (non-hydrogen) atoms. The van der Waals surface area contributed by atoms with Crippen molar-refractivity contribution in [2.75, 3.05) is 44.1 Å². The lowest BCUT2D eigenvalue weighted by Crippen LogP contribution is -2.22. The van der Waals surface area contributed by atoms with Crippen molar-refractivity contribution in [3.63, 3.8) is 0 Å². The first-order valence-electron chi connectivity index (χ1n) is 8.31. The molecule has 0 bridgehead atoms. The molecule has 0 atom stereocenters. The molecule has 0 radical (unpaired) electrons. The van der Waals surface area contributed by atoms with Crippen molar-refractivity contribution >= 4 is 28.9 Å².